The molecule has 1 saturated heterocycles. The third kappa shape index (κ3) is 6.96. The van der Waals surface area contributed by atoms with Crippen LogP contribution < -0.4 is 0 Å². The highest BCUT2D eigenvalue weighted by atomic mass is 35.5. The fraction of sp³-hybridized carbons (Fsp3) is 0.588. The predicted molar refractivity (Wildman–Crippen MR) is 87.9 cm³/mol. The molecule has 1 aromatic carbocycles. The van der Waals surface area contributed by atoms with Crippen molar-refractivity contribution in [1.82, 2.24) is 4.90 Å². The first-order chi connectivity index (χ1) is 9.74. The molecule has 1 aliphatic heterocycles. The summed E-state index contributed by atoms with van der Waals surface area (Å²) in [4.78, 5) is 14.2. The molecule has 1 fully saturated rings. The Morgan fingerprint density at radius 1 is 1.19 bits per heavy atom. The zero-order valence-electron chi connectivity index (χ0n) is 12.8. The van der Waals surface area contributed by atoms with Crippen LogP contribution in [0.3, 0.4) is 0 Å². The summed E-state index contributed by atoms with van der Waals surface area (Å²) in [6.07, 6.45) is 5.10. The zero-order chi connectivity index (χ0) is 14.2. The van der Waals surface area contributed by atoms with Gasteiger partial charge < -0.3 is 4.74 Å². The average Bonchev–Trinajstić information content (AvgIpc) is 2.47. The predicted octanol–water partition coefficient (Wildman–Crippen LogP) is 3.46. The zero-order valence-corrected chi connectivity index (χ0v) is 13.6. The lowest BCUT2D eigenvalue weighted by Crippen LogP contribution is -2.37. The molecular weight excluding hydrogens is 286 g/mol. The first kappa shape index (κ1) is 18.0. The van der Waals surface area contributed by atoms with Gasteiger partial charge in [0, 0.05) is 13.0 Å². The summed E-state index contributed by atoms with van der Waals surface area (Å²) in [5, 5.41) is 0. The van der Waals surface area contributed by atoms with Crippen LogP contribution in [0.2, 0.25) is 0 Å². The molecule has 1 unspecified atom stereocenters. The SMILES string of the molecule is CC(CN1CCCCC1)OC(=O)CCc1ccccc1.Cl. The van der Waals surface area contributed by atoms with Crippen molar-refractivity contribution in [2.45, 2.75) is 45.1 Å². The van der Waals surface area contributed by atoms with Gasteiger partial charge in [-0.2, -0.15) is 0 Å². The number of esters is 1. The molecule has 0 spiro atoms. The van der Waals surface area contributed by atoms with Gasteiger partial charge >= 0.3 is 5.97 Å². The Hall–Kier alpha value is -1.06. The van der Waals surface area contributed by atoms with Gasteiger partial charge in [-0.1, -0.05) is 36.8 Å². The monoisotopic (exact) mass is 311 g/mol. The average molecular weight is 312 g/mol. The Bertz CT molecular complexity index is 405. The van der Waals surface area contributed by atoms with Gasteiger partial charge in [0.15, 0.2) is 0 Å². The third-order valence-electron chi connectivity index (χ3n) is 3.76. The van der Waals surface area contributed by atoms with Gasteiger partial charge in [-0.05, 0) is 44.8 Å². The molecule has 118 valence electrons. The maximum Gasteiger partial charge on any atom is 0.306 e. The van der Waals surface area contributed by atoms with Gasteiger partial charge in [0.25, 0.3) is 0 Å². The lowest BCUT2D eigenvalue weighted by atomic mass is 10.1. The smallest absolute Gasteiger partial charge is 0.306 e. The van der Waals surface area contributed by atoms with Crippen LogP contribution in [0.15, 0.2) is 30.3 Å². The van der Waals surface area contributed by atoms with Crippen molar-refractivity contribution < 1.29 is 9.53 Å². The van der Waals surface area contributed by atoms with Crippen molar-refractivity contribution in [2.24, 2.45) is 0 Å². The number of aryl methyl sites for hydroxylation is 1. The maximum absolute atomic E-state index is 11.8. The van der Waals surface area contributed by atoms with Crippen LogP contribution in [-0.2, 0) is 16.0 Å². The second-order valence-electron chi connectivity index (χ2n) is 5.65. The second kappa shape index (κ2) is 9.80. The van der Waals surface area contributed by atoms with Crippen LogP contribution in [0.4, 0.5) is 0 Å². The molecule has 1 atom stereocenters. The van der Waals surface area contributed by atoms with Crippen molar-refractivity contribution in [2.75, 3.05) is 19.6 Å². The molecule has 2 rings (SSSR count). The molecule has 0 amide bonds. The van der Waals surface area contributed by atoms with Crippen LogP contribution >= 0.6 is 12.4 Å². The summed E-state index contributed by atoms with van der Waals surface area (Å²) in [6.45, 7) is 5.16. The van der Waals surface area contributed by atoms with Gasteiger partial charge in [0.1, 0.15) is 6.10 Å². The van der Waals surface area contributed by atoms with E-state index in [4.69, 9.17) is 4.74 Å². The first-order valence-electron chi connectivity index (χ1n) is 7.70. The topological polar surface area (TPSA) is 29.5 Å². The van der Waals surface area contributed by atoms with E-state index in [-0.39, 0.29) is 24.5 Å². The van der Waals surface area contributed by atoms with E-state index >= 15 is 0 Å². The number of likely N-dealkylation sites (tertiary alicyclic amines) is 1. The number of carbonyl (C=O) groups excluding carboxylic acids is 1. The number of hydrogen-bond acceptors (Lipinski definition) is 3. The van der Waals surface area contributed by atoms with E-state index < -0.39 is 0 Å². The van der Waals surface area contributed by atoms with Crippen LogP contribution in [-0.4, -0.2) is 36.6 Å². The Kier molecular flexibility index (Phi) is 8.40. The maximum atomic E-state index is 11.8. The molecule has 4 heteroatoms. The quantitative estimate of drug-likeness (QED) is 0.754. The third-order valence-corrected chi connectivity index (χ3v) is 3.76. The lowest BCUT2D eigenvalue weighted by Gasteiger charge is -2.28. The van der Waals surface area contributed by atoms with Crippen LogP contribution in [0.1, 0.15) is 38.2 Å². The van der Waals surface area contributed by atoms with Gasteiger partial charge in [0.2, 0.25) is 0 Å². The largest absolute Gasteiger partial charge is 0.461 e. The summed E-state index contributed by atoms with van der Waals surface area (Å²) in [6, 6.07) is 10.1. The van der Waals surface area contributed by atoms with Gasteiger partial charge in [0.05, 0.1) is 0 Å². The van der Waals surface area contributed by atoms with Crippen molar-refractivity contribution in [3.63, 3.8) is 0 Å². The Morgan fingerprint density at radius 2 is 1.86 bits per heavy atom. The van der Waals surface area contributed by atoms with Crippen LogP contribution in [0, 0.1) is 0 Å². The molecular formula is C17H26ClNO2. The van der Waals surface area contributed by atoms with Crippen molar-refractivity contribution in [1.29, 1.82) is 0 Å². The number of rotatable bonds is 6. The van der Waals surface area contributed by atoms with E-state index in [0.717, 1.165) is 26.1 Å². The van der Waals surface area contributed by atoms with Crippen molar-refractivity contribution in [3.05, 3.63) is 35.9 Å². The Morgan fingerprint density at radius 3 is 2.52 bits per heavy atom. The molecule has 21 heavy (non-hydrogen) atoms. The number of hydrogen-bond donors (Lipinski definition) is 0. The molecule has 1 aliphatic rings. The summed E-state index contributed by atoms with van der Waals surface area (Å²) >= 11 is 0. The molecule has 0 N–H and O–H groups in total. The van der Waals surface area contributed by atoms with E-state index in [1.807, 2.05) is 37.3 Å². The number of nitrogens with zero attached hydrogens (tertiary/aromatic N) is 1. The van der Waals surface area contributed by atoms with Gasteiger partial charge in [-0.15, -0.1) is 12.4 Å². The highest BCUT2D eigenvalue weighted by Gasteiger charge is 2.16. The van der Waals surface area contributed by atoms with E-state index in [0.29, 0.717) is 6.42 Å². The molecule has 1 aromatic rings. The molecule has 0 bridgehead atoms. The Balaban J connectivity index is 0.00000220. The minimum Gasteiger partial charge on any atom is -0.461 e. The molecule has 0 aromatic heterocycles. The summed E-state index contributed by atoms with van der Waals surface area (Å²) in [7, 11) is 0. The highest BCUT2D eigenvalue weighted by Crippen LogP contribution is 2.10. The van der Waals surface area contributed by atoms with Crippen LogP contribution in [0.25, 0.3) is 0 Å². The van der Waals surface area contributed by atoms with Crippen molar-refractivity contribution in [3.8, 4) is 0 Å². The van der Waals surface area contributed by atoms with Gasteiger partial charge in [-0.25, -0.2) is 0 Å². The Labute approximate surface area is 134 Å². The fourth-order valence-electron chi connectivity index (χ4n) is 2.72. The number of halogens is 1. The second-order valence-corrected chi connectivity index (χ2v) is 5.65. The minimum absolute atomic E-state index is 0. The standard InChI is InChI=1S/C17H25NO2.ClH/c1-15(14-18-12-6-3-7-13-18)20-17(19)11-10-16-8-4-2-5-9-16;/h2,4-5,8-9,15H,3,6-7,10-14H2,1H3;1H. The lowest BCUT2D eigenvalue weighted by molar-refractivity contribution is -0.149. The van der Waals surface area contributed by atoms with Crippen LogP contribution in [0.5, 0.6) is 0 Å². The van der Waals surface area contributed by atoms with Crippen molar-refractivity contribution >= 4 is 18.4 Å². The fourth-order valence-corrected chi connectivity index (χ4v) is 2.72. The molecule has 1 heterocycles. The number of piperidine rings is 1. The first-order valence-corrected chi connectivity index (χ1v) is 7.70. The van der Waals surface area contributed by atoms with E-state index in [2.05, 4.69) is 4.90 Å². The van der Waals surface area contributed by atoms with E-state index in [1.54, 1.807) is 0 Å². The summed E-state index contributed by atoms with van der Waals surface area (Å²) in [5.41, 5.74) is 1.19. The van der Waals surface area contributed by atoms with E-state index in [9.17, 15) is 4.79 Å². The summed E-state index contributed by atoms with van der Waals surface area (Å²) < 4.78 is 5.49. The number of benzene rings is 1. The molecule has 0 radical (unpaired) electrons. The minimum atomic E-state index is -0.0848. The number of ether oxygens (including phenoxy) is 1. The highest BCUT2D eigenvalue weighted by molar-refractivity contribution is 5.85. The normalized spacial score (nSPS) is 16.8. The summed E-state index contributed by atoms with van der Waals surface area (Å²) in [5.74, 6) is -0.0848. The van der Waals surface area contributed by atoms with E-state index in [1.165, 1.54) is 24.8 Å². The molecule has 3 nitrogen and oxygen atoms in total. The molecule has 0 aliphatic carbocycles. The molecule has 0 saturated carbocycles. The van der Waals surface area contributed by atoms with Gasteiger partial charge in [-0.3, -0.25) is 9.69 Å². The number of carbonyl (C=O) groups is 1.